The maximum absolute atomic E-state index is 12.0. The van der Waals surface area contributed by atoms with E-state index < -0.39 is 5.97 Å². The van der Waals surface area contributed by atoms with Gasteiger partial charge in [0.1, 0.15) is 12.3 Å². The highest BCUT2D eigenvalue weighted by molar-refractivity contribution is 5.91. The van der Waals surface area contributed by atoms with Gasteiger partial charge < -0.3 is 15.2 Å². The van der Waals surface area contributed by atoms with Crippen LogP contribution in [0.4, 0.5) is 5.69 Å². The average Bonchev–Trinajstić information content (AvgIpc) is 3.21. The molecule has 1 aromatic heterocycles. The fraction of sp³-hybridized carbons (Fsp3) is 0.353. The highest BCUT2D eigenvalue weighted by Crippen LogP contribution is 2.24. The van der Waals surface area contributed by atoms with Gasteiger partial charge in [-0.3, -0.25) is 9.48 Å². The van der Waals surface area contributed by atoms with Crippen molar-refractivity contribution in [2.75, 3.05) is 5.32 Å². The number of rotatable bonds is 6. The monoisotopic (exact) mass is 329 g/mol. The first-order valence-corrected chi connectivity index (χ1v) is 7.92. The van der Waals surface area contributed by atoms with Crippen LogP contribution in [0.1, 0.15) is 36.0 Å². The maximum atomic E-state index is 12.0. The molecule has 0 bridgehead atoms. The number of nitrogens with one attached hydrogen (secondary N) is 1. The normalized spacial score (nSPS) is 14.5. The minimum absolute atomic E-state index is 0.0480. The van der Waals surface area contributed by atoms with Gasteiger partial charge in [0.05, 0.1) is 17.9 Å². The molecule has 0 saturated heterocycles. The fourth-order valence-electron chi connectivity index (χ4n) is 2.72. The van der Waals surface area contributed by atoms with Gasteiger partial charge in [0, 0.05) is 11.9 Å². The molecule has 24 heavy (non-hydrogen) atoms. The van der Waals surface area contributed by atoms with Crippen LogP contribution in [0.5, 0.6) is 5.75 Å². The Morgan fingerprint density at radius 3 is 2.58 bits per heavy atom. The van der Waals surface area contributed by atoms with Crippen LogP contribution < -0.4 is 10.1 Å². The summed E-state index contributed by atoms with van der Waals surface area (Å²) in [5, 5.41) is 15.4. The number of nitrogens with zero attached hydrogens (tertiary/aromatic N) is 2. The number of benzene rings is 1. The molecule has 126 valence electrons. The lowest BCUT2D eigenvalue weighted by molar-refractivity contribution is -0.116. The van der Waals surface area contributed by atoms with Gasteiger partial charge in [-0.05, 0) is 49.9 Å². The van der Waals surface area contributed by atoms with E-state index in [9.17, 15) is 9.59 Å². The van der Waals surface area contributed by atoms with Crippen molar-refractivity contribution < 1.29 is 19.4 Å². The fourth-order valence-corrected chi connectivity index (χ4v) is 2.72. The zero-order chi connectivity index (χ0) is 16.9. The predicted molar refractivity (Wildman–Crippen MR) is 87.1 cm³/mol. The summed E-state index contributed by atoms with van der Waals surface area (Å²) >= 11 is 0. The van der Waals surface area contributed by atoms with Crippen LogP contribution in [-0.2, 0) is 11.3 Å². The van der Waals surface area contributed by atoms with Crippen molar-refractivity contribution in [2.24, 2.45) is 0 Å². The Morgan fingerprint density at radius 1 is 1.25 bits per heavy atom. The Kier molecular flexibility index (Phi) is 4.79. The highest BCUT2D eigenvalue weighted by Gasteiger charge is 2.16. The summed E-state index contributed by atoms with van der Waals surface area (Å²) in [5.41, 5.74) is 0.709. The SMILES string of the molecule is O=C(Cn1cc(C(=O)O)cn1)Nc1ccc(OC2CCCC2)cc1. The minimum Gasteiger partial charge on any atom is -0.490 e. The molecule has 0 unspecified atom stereocenters. The lowest BCUT2D eigenvalue weighted by Gasteiger charge is -2.13. The molecule has 7 nitrogen and oxygen atoms in total. The van der Waals surface area contributed by atoms with E-state index in [2.05, 4.69) is 10.4 Å². The Hall–Kier alpha value is -2.83. The molecule has 0 radical (unpaired) electrons. The van der Waals surface area contributed by atoms with Crippen molar-refractivity contribution in [1.29, 1.82) is 0 Å². The van der Waals surface area contributed by atoms with Crippen molar-refractivity contribution in [3.8, 4) is 5.75 Å². The van der Waals surface area contributed by atoms with Gasteiger partial charge in [-0.1, -0.05) is 0 Å². The van der Waals surface area contributed by atoms with Gasteiger partial charge in [0.2, 0.25) is 5.91 Å². The Bertz CT molecular complexity index is 718. The summed E-state index contributed by atoms with van der Waals surface area (Å²) < 4.78 is 7.16. The summed E-state index contributed by atoms with van der Waals surface area (Å²) in [5.74, 6) is -0.544. The number of carboxylic acid groups (broad SMARTS) is 1. The second-order valence-electron chi connectivity index (χ2n) is 5.83. The number of anilines is 1. The molecule has 2 N–H and O–H groups in total. The van der Waals surface area contributed by atoms with Crippen LogP contribution in [0, 0.1) is 0 Å². The molecule has 1 amide bonds. The highest BCUT2D eigenvalue weighted by atomic mass is 16.5. The zero-order valence-corrected chi connectivity index (χ0v) is 13.1. The van der Waals surface area contributed by atoms with E-state index in [0.717, 1.165) is 18.6 Å². The standard InChI is InChI=1S/C17H19N3O4/c21-16(11-20-10-12(9-18-20)17(22)23)19-13-5-7-15(8-6-13)24-14-3-1-2-4-14/h5-10,14H,1-4,11H2,(H,19,21)(H,22,23). The predicted octanol–water partition coefficient (Wildman–Crippen LogP) is 2.54. The van der Waals surface area contributed by atoms with Crippen LogP contribution in [0.25, 0.3) is 0 Å². The molecule has 1 aliphatic carbocycles. The van der Waals surface area contributed by atoms with E-state index in [0.29, 0.717) is 11.8 Å². The Balaban J connectivity index is 1.52. The van der Waals surface area contributed by atoms with Gasteiger partial charge in [-0.15, -0.1) is 0 Å². The van der Waals surface area contributed by atoms with E-state index in [1.165, 1.54) is 29.9 Å². The molecule has 3 rings (SSSR count). The van der Waals surface area contributed by atoms with Crippen molar-refractivity contribution in [3.05, 3.63) is 42.2 Å². The van der Waals surface area contributed by atoms with E-state index in [-0.39, 0.29) is 18.0 Å². The number of carbonyl (C=O) groups is 2. The summed E-state index contributed by atoms with van der Waals surface area (Å²) in [6.07, 6.45) is 7.46. The summed E-state index contributed by atoms with van der Waals surface area (Å²) in [4.78, 5) is 22.8. The average molecular weight is 329 g/mol. The number of aromatic carboxylic acids is 1. The number of carboxylic acids is 1. The molecule has 1 saturated carbocycles. The van der Waals surface area contributed by atoms with Crippen LogP contribution in [0.2, 0.25) is 0 Å². The molecule has 1 aromatic carbocycles. The van der Waals surface area contributed by atoms with Gasteiger partial charge in [0.25, 0.3) is 0 Å². The first kappa shape index (κ1) is 16.0. The van der Waals surface area contributed by atoms with Crippen molar-refractivity contribution in [2.45, 2.75) is 38.3 Å². The van der Waals surface area contributed by atoms with Crippen LogP contribution >= 0.6 is 0 Å². The third-order valence-corrected chi connectivity index (χ3v) is 3.93. The number of amides is 1. The van der Waals surface area contributed by atoms with Crippen LogP contribution in [0.15, 0.2) is 36.7 Å². The first-order chi connectivity index (χ1) is 11.6. The Labute approximate surface area is 139 Å². The molecule has 1 aliphatic rings. The number of hydrogen-bond acceptors (Lipinski definition) is 4. The van der Waals surface area contributed by atoms with Crippen molar-refractivity contribution in [3.63, 3.8) is 0 Å². The topological polar surface area (TPSA) is 93.5 Å². The smallest absolute Gasteiger partial charge is 0.338 e. The van der Waals surface area contributed by atoms with Gasteiger partial charge in [-0.25, -0.2) is 4.79 Å². The van der Waals surface area contributed by atoms with Crippen LogP contribution in [-0.4, -0.2) is 32.9 Å². The van der Waals surface area contributed by atoms with E-state index in [4.69, 9.17) is 9.84 Å². The molecule has 1 fully saturated rings. The summed E-state index contributed by atoms with van der Waals surface area (Å²) in [6, 6.07) is 7.25. The van der Waals surface area contributed by atoms with Crippen molar-refractivity contribution >= 4 is 17.6 Å². The molecule has 0 spiro atoms. The second kappa shape index (κ2) is 7.16. The minimum atomic E-state index is -1.07. The number of carbonyl (C=O) groups excluding carboxylic acids is 1. The van der Waals surface area contributed by atoms with E-state index in [1.54, 1.807) is 12.1 Å². The maximum Gasteiger partial charge on any atom is 0.338 e. The third kappa shape index (κ3) is 4.13. The van der Waals surface area contributed by atoms with E-state index in [1.807, 2.05) is 12.1 Å². The van der Waals surface area contributed by atoms with Gasteiger partial charge in [0.15, 0.2) is 0 Å². The largest absolute Gasteiger partial charge is 0.490 e. The molecule has 0 aliphatic heterocycles. The molecular weight excluding hydrogens is 310 g/mol. The van der Waals surface area contributed by atoms with Crippen molar-refractivity contribution in [1.82, 2.24) is 9.78 Å². The van der Waals surface area contributed by atoms with Gasteiger partial charge in [-0.2, -0.15) is 5.10 Å². The molecule has 0 atom stereocenters. The first-order valence-electron chi connectivity index (χ1n) is 7.92. The second-order valence-corrected chi connectivity index (χ2v) is 5.83. The zero-order valence-electron chi connectivity index (χ0n) is 13.1. The summed E-state index contributed by atoms with van der Waals surface area (Å²) in [6.45, 7) is -0.0480. The third-order valence-electron chi connectivity index (χ3n) is 3.93. The molecule has 2 aromatic rings. The van der Waals surface area contributed by atoms with Crippen LogP contribution in [0.3, 0.4) is 0 Å². The lowest BCUT2D eigenvalue weighted by Crippen LogP contribution is -2.19. The summed E-state index contributed by atoms with van der Waals surface area (Å²) in [7, 11) is 0. The molecule has 7 heteroatoms. The lowest BCUT2D eigenvalue weighted by atomic mass is 10.2. The quantitative estimate of drug-likeness (QED) is 0.849. The van der Waals surface area contributed by atoms with E-state index >= 15 is 0 Å². The Morgan fingerprint density at radius 2 is 1.96 bits per heavy atom. The number of hydrogen-bond donors (Lipinski definition) is 2. The number of ether oxygens (including phenoxy) is 1. The molecular formula is C17H19N3O4. The van der Waals surface area contributed by atoms with Gasteiger partial charge >= 0.3 is 5.97 Å². The molecule has 1 heterocycles. The number of aromatic nitrogens is 2.